The Kier molecular flexibility index (Phi) is 4.28. The fourth-order valence-electron chi connectivity index (χ4n) is 3.12. The molecule has 1 saturated heterocycles. The van der Waals surface area contributed by atoms with Crippen molar-refractivity contribution in [1.29, 1.82) is 0 Å². The third-order valence-electron chi connectivity index (χ3n) is 4.43. The number of benzene rings is 1. The summed E-state index contributed by atoms with van der Waals surface area (Å²) < 4.78 is 16.5. The third-order valence-corrected chi connectivity index (χ3v) is 4.43. The standard InChI is InChI=1S/C19H21N3O3/c1-13(2)14-7-10-24-17(14)19-20-18(21-25-19)15-5-3-4-6-16(15)22-8-11-23-12-9-22/h3-7,10,13H,8-9,11-12H2,1-2H3. The molecule has 0 bridgehead atoms. The molecule has 1 aliphatic rings. The molecule has 1 aromatic carbocycles. The van der Waals surface area contributed by atoms with E-state index in [1.54, 1.807) is 6.26 Å². The van der Waals surface area contributed by atoms with Crippen molar-refractivity contribution in [3.63, 3.8) is 0 Å². The Morgan fingerprint density at radius 2 is 1.88 bits per heavy atom. The molecular weight excluding hydrogens is 318 g/mol. The Hall–Kier alpha value is -2.60. The summed E-state index contributed by atoms with van der Waals surface area (Å²) in [5.41, 5.74) is 3.12. The smallest absolute Gasteiger partial charge is 0.294 e. The summed E-state index contributed by atoms with van der Waals surface area (Å²) in [6.45, 7) is 7.40. The number of nitrogens with zero attached hydrogens (tertiary/aromatic N) is 3. The monoisotopic (exact) mass is 339 g/mol. The van der Waals surface area contributed by atoms with Crippen LogP contribution in [0, 0.1) is 0 Å². The number of aromatic nitrogens is 2. The molecule has 0 radical (unpaired) electrons. The van der Waals surface area contributed by atoms with Crippen molar-refractivity contribution in [3.05, 3.63) is 42.2 Å². The predicted molar refractivity (Wildman–Crippen MR) is 94.6 cm³/mol. The van der Waals surface area contributed by atoms with E-state index in [0.717, 1.165) is 43.1 Å². The molecule has 25 heavy (non-hydrogen) atoms. The summed E-state index contributed by atoms with van der Waals surface area (Å²) in [7, 11) is 0. The van der Waals surface area contributed by atoms with Crippen molar-refractivity contribution < 1.29 is 13.7 Å². The summed E-state index contributed by atoms with van der Waals surface area (Å²) in [4.78, 5) is 6.89. The number of furan rings is 1. The van der Waals surface area contributed by atoms with Crippen LogP contribution in [0.25, 0.3) is 23.0 Å². The molecular formula is C19H21N3O3. The van der Waals surface area contributed by atoms with Crippen LogP contribution in [0.1, 0.15) is 25.3 Å². The highest BCUT2D eigenvalue weighted by Crippen LogP contribution is 2.33. The van der Waals surface area contributed by atoms with Gasteiger partial charge in [0.05, 0.1) is 19.5 Å². The van der Waals surface area contributed by atoms with Crippen LogP contribution in [-0.2, 0) is 4.74 Å². The van der Waals surface area contributed by atoms with Crippen molar-refractivity contribution in [2.45, 2.75) is 19.8 Å². The lowest BCUT2D eigenvalue weighted by Gasteiger charge is -2.30. The van der Waals surface area contributed by atoms with Gasteiger partial charge in [-0.3, -0.25) is 0 Å². The van der Waals surface area contributed by atoms with E-state index >= 15 is 0 Å². The van der Waals surface area contributed by atoms with Crippen LogP contribution in [0.5, 0.6) is 0 Å². The fourth-order valence-corrected chi connectivity index (χ4v) is 3.12. The van der Waals surface area contributed by atoms with Crippen LogP contribution in [0.15, 0.2) is 45.5 Å². The quantitative estimate of drug-likeness (QED) is 0.717. The first-order valence-electron chi connectivity index (χ1n) is 8.57. The Labute approximate surface area is 146 Å². The van der Waals surface area contributed by atoms with E-state index in [2.05, 4.69) is 35.0 Å². The highest BCUT2D eigenvalue weighted by atomic mass is 16.5. The Bertz CT molecular complexity index is 847. The van der Waals surface area contributed by atoms with Gasteiger partial charge in [0.15, 0.2) is 5.76 Å². The molecule has 3 heterocycles. The zero-order chi connectivity index (χ0) is 17.2. The second-order valence-corrected chi connectivity index (χ2v) is 6.40. The van der Waals surface area contributed by atoms with Crippen molar-refractivity contribution in [3.8, 4) is 23.0 Å². The lowest BCUT2D eigenvalue weighted by Crippen LogP contribution is -2.36. The van der Waals surface area contributed by atoms with Gasteiger partial charge in [-0.05, 0) is 24.1 Å². The molecule has 4 rings (SSSR count). The minimum Gasteiger partial charge on any atom is -0.459 e. The van der Waals surface area contributed by atoms with Gasteiger partial charge in [0.1, 0.15) is 0 Å². The zero-order valence-electron chi connectivity index (χ0n) is 14.4. The topological polar surface area (TPSA) is 64.5 Å². The van der Waals surface area contributed by atoms with Crippen molar-refractivity contribution in [1.82, 2.24) is 10.1 Å². The van der Waals surface area contributed by atoms with Gasteiger partial charge in [0.25, 0.3) is 5.89 Å². The fraction of sp³-hybridized carbons (Fsp3) is 0.368. The van der Waals surface area contributed by atoms with Crippen molar-refractivity contribution in [2.24, 2.45) is 0 Å². The zero-order valence-corrected chi connectivity index (χ0v) is 14.4. The van der Waals surface area contributed by atoms with Crippen LogP contribution in [0.3, 0.4) is 0 Å². The molecule has 0 spiro atoms. The van der Waals surface area contributed by atoms with Crippen LogP contribution in [0.2, 0.25) is 0 Å². The van der Waals surface area contributed by atoms with Crippen molar-refractivity contribution >= 4 is 5.69 Å². The van der Waals surface area contributed by atoms with Crippen LogP contribution >= 0.6 is 0 Å². The minimum atomic E-state index is 0.324. The average Bonchev–Trinajstić information content (AvgIpc) is 3.31. The summed E-state index contributed by atoms with van der Waals surface area (Å²) in [5.74, 6) is 1.96. The molecule has 0 amide bonds. The Morgan fingerprint density at radius 1 is 1.08 bits per heavy atom. The molecule has 0 unspecified atom stereocenters. The summed E-state index contributed by atoms with van der Waals surface area (Å²) in [5, 5.41) is 4.19. The lowest BCUT2D eigenvalue weighted by atomic mass is 10.0. The number of morpholine rings is 1. The maximum absolute atomic E-state index is 5.58. The number of rotatable bonds is 4. The molecule has 6 nitrogen and oxygen atoms in total. The van der Waals surface area contributed by atoms with Crippen LogP contribution in [0.4, 0.5) is 5.69 Å². The van der Waals surface area contributed by atoms with E-state index in [-0.39, 0.29) is 0 Å². The Balaban J connectivity index is 1.70. The number of hydrogen-bond acceptors (Lipinski definition) is 6. The van der Waals surface area contributed by atoms with Gasteiger partial charge in [0, 0.05) is 29.9 Å². The van der Waals surface area contributed by atoms with Gasteiger partial charge in [-0.1, -0.05) is 31.1 Å². The molecule has 0 saturated carbocycles. The number of anilines is 1. The Morgan fingerprint density at radius 3 is 2.68 bits per heavy atom. The number of ether oxygens (including phenoxy) is 1. The number of para-hydroxylation sites is 1. The van der Waals surface area contributed by atoms with Crippen molar-refractivity contribution in [2.75, 3.05) is 31.2 Å². The maximum atomic E-state index is 5.58. The largest absolute Gasteiger partial charge is 0.459 e. The third kappa shape index (κ3) is 3.05. The van der Waals surface area contributed by atoms with Gasteiger partial charge >= 0.3 is 0 Å². The predicted octanol–water partition coefficient (Wildman–Crippen LogP) is 3.96. The highest BCUT2D eigenvalue weighted by molar-refractivity contribution is 5.75. The van der Waals surface area contributed by atoms with Gasteiger partial charge in [-0.2, -0.15) is 4.98 Å². The average molecular weight is 339 g/mol. The first kappa shape index (κ1) is 15.9. The van der Waals surface area contributed by atoms with Gasteiger partial charge in [-0.15, -0.1) is 0 Å². The minimum absolute atomic E-state index is 0.324. The molecule has 3 aromatic rings. The van der Waals surface area contributed by atoms with E-state index < -0.39 is 0 Å². The second kappa shape index (κ2) is 6.72. The van der Waals surface area contributed by atoms with Gasteiger partial charge in [0.2, 0.25) is 5.82 Å². The highest BCUT2D eigenvalue weighted by Gasteiger charge is 2.22. The van der Waals surface area contributed by atoms with Crippen LogP contribution in [-0.4, -0.2) is 36.4 Å². The van der Waals surface area contributed by atoms with E-state index in [0.29, 0.717) is 23.4 Å². The first-order chi connectivity index (χ1) is 12.2. The summed E-state index contributed by atoms with van der Waals surface area (Å²) in [6, 6.07) is 10.1. The van der Waals surface area contributed by atoms with E-state index in [1.807, 2.05) is 24.3 Å². The van der Waals surface area contributed by atoms with E-state index in [4.69, 9.17) is 13.7 Å². The molecule has 0 atom stereocenters. The molecule has 0 N–H and O–H groups in total. The summed E-state index contributed by atoms with van der Waals surface area (Å²) >= 11 is 0. The molecule has 0 aliphatic carbocycles. The molecule has 1 fully saturated rings. The summed E-state index contributed by atoms with van der Waals surface area (Å²) in [6.07, 6.45) is 1.66. The molecule has 6 heteroatoms. The van der Waals surface area contributed by atoms with Gasteiger partial charge in [-0.25, -0.2) is 0 Å². The first-order valence-corrected chi connectivity index (χ1v) is 8.57. The van der Waals surface area contributed by atoms with E-state index in [1.165, 1.54) is 0 Å². The SMILES string of the molecule is CC(C)c1ccoc1-c1nc(-c2ccccc2N2CCOCC2)no1. The normalized spacial score (nSPS) is 15.1. The van der Waals surface area contributed by atoms with E-state index in [9.17, 15) is 0 Å². The second-order valence-electron chi connectivity index (χ2n) is 6.40. The van der Waals surface area contributed by atoms with Crippen LogP contribution < -0.4 is 4.90 Å². The number of hydrogen-bond donors (Lipinski definition) is 0. The van der Waals surface area contributed by atoms with Gasteiger partial charge < -0.3 is 18.6 Å². The molecule has 130 valence electrons. The molecule has 1 aliphatic heterocycles. The molecule has 2 aromatic heterocycles. The maximum Gasteiger partial charge on any atom is 0.294 e. The lowest BCUT2D eigenvalue weighted by molar-refractivity contribution is 0.123.